The average Bonchev–Trinajstić information content (AvgIpc) is 2.59. The number of hydrogen-bond acceptors (Lipinski definition) is 4. The standard InChI is InChI=1S/C17H19N3O3/c1-12(13-7-9-19-10-8-13)20(2)16(21)11-23-15-5-3-14(4-6-15)17(18)22/h3-10,12H,11H2,1-2H3,(H2,18,22). The summed E-state index contributed by atoms with van der Waals surface area (Å²) in [5.74, 6) is -0.139. The lowest BCUT2D eigenvalue weighted by Gasteiger charge is -2.25. The van der Waals surface area contributed by atoms with E-state index in [1.807, 2.05) is 19.1 Å². The van der Waals surface area contributed by atoms with Crippen molar-refractivity contribution < 1.29 is 14.3 Å². The largest absolute Gasteiger partial charge is 0.484 e. The number of benzene rings is 1. The molecule has 2 N–H and O–H groups in total. The van der Waals surface area contributed by atoms with Crippen LogP contribution in [0.4, 0.5) is 0 Å². The van der Waals surface area contributed by atoms with Gasteiger partial charge in [-0.1, -0.05) is 0 Å². The maximum atomic E-state index is 12.2. The van der Waals surface area contributed by atoms with Gasteiger partial charge in [0.2, 0.25) is 5.91 Å². The Morgan fingerprint density at radius 1 is 1.17 bits per heavy atom. The maximum Gasteiger partial charge on any atom is 0.260 e. The summed E-state index contributed by atoms with van der Waals surface area (Å²) in [6, 6.07) is 10.0. The fourth-order valence-corrected chi connectivity index (χ4v) is 2.04. The molecule has 0 aliphatic rings. The predicted octanol–water partition coefficient (Wildman–Crippen LogP) is 1.78. The van der Waals surface area contributed by atoms with Gasteiger partial charge in [0, 0.05) is 25.0 Å². The lowest BCUT2D eigenvalue weighted by Crippen LogP contribution is -2.33. The van der Waals surface area contributed by atoms with Crippen molar-refractivity contribution >= 4 is 11.8 Å². The fraction of sp³-hybridized carbons (Fsp3) is 0.235. The first kappa shape index (κ1) is 16.5. The monoisotopic (exact) mass is 313 g/mol. The van der Waals surface area contributed by atoms with Gasteiger partial charge in [-0.3, -0.25) is 14.6 Å². The van der Waals surface area contributed by atoms with Crippen molar-refractivity contribution in [2.45, 2.75) is 13.0 Å². The van der Waals surface area contributed by atoms with Crippen molar-refractivity contribution in [3.8, 4) is 5.75 Å². The van der Waals surface area contributed by atoms with E-state index in [4.69, 9.17) is 10.5 Å². The topological polar surface area (TPSA) is 85.5 Å². The second kappa shape index (κ2) is 7.40. The van der Waals surface area contributed by atoms with Gasteiger partial charge in [0.1, 0.15) is 5.75 Å². The maximum absolute atomic E-state index is 12.2. The number of carbonyl (C=O) groups is 2. The summed E-state index contributed by atoms with van der Waals surface area (Å²) in [5.41, 5.74) is 6.57. The number of nitrogens with zero attached hydrogens (tertiary/aromatic N) is 2. The number of likely N-dealkylation sites (N-methyl/N-ethyl adjacent to an activating group) is 1. The second-order valence-electron chi connectivity index (χ2n) is 5.14. The predicted molar refractivity (Wildman–Crippen MR) is 85.9 cm³/mol. The molecule has 120 valence electrons. The molecule has 2 rings (SSSR count). The minimum atomic E-state index is -0.501. The van der Waals surface area contributed by atoms with E-state index in [1.165, 1.54) is 0 Å². The van der Waals surface area contributed by atoms with Crippen LogP contribution in [-0.2, 0) is 4.79 Å². The Balaban J connectivity index is 1.92. The third-order valence-corrected chi connectivity index (χ3v) is 3.66. The number of ether oxygens (including phenoxy) is 1. The van der Waals surface area contributed by atoms with Gasteiger partial charge in [-0.25, -0.2) is 0 Å². The third kappa shape index (κ3) is 4.29. The Bertz CT molecular complexity index is 671. The molecule has 0 fully saturated rings. The first-order chi connectivity index (χ1) is 11.0. The summed E-state index contributed by atoms with van der Waals surface area (Å²) in [4.78, 5) is 28.8. The second-order valence-corrected chi connectivity index (χ2v) is 5.14. The van der Waals surface area contributed by atoms with Crippen LogP contribution in [0.1, 0.15) is 28.9 Å². The van der Waals surface area contributed by atoms with E-state index < -0.39 is 5.91 Å². The molecule has 0 saturated carbocycles. The number of hydrogen-bond donors (Lipinski definition) is 1. The van der Waals surface area contributed by atoms with Crippen LogP contribution in [0.25, 0.3) is 0 Å². The molecule has 0 spiro atoms. The van der Waals surface area contributed by atoms with Gasteiger partial charge in [0.05, 0.1) is 6.04 Å². The molecule has 0 aliphatic carbocycles. The van der Waals surface area contributed by atoms with E-state index in [0.717, 1.165) is 5.56 Å². The first-order valence-corrected chi connectivity index (χ1v) is 7.17. The molecule has 6 heteroatoms. The van der Waals surface area contributed by atoms with Crippen LogP contribution in [0.15, 0.2) is 48.8 Å². The van der Waals surface area contributed by atoms with Gasteiger partial charge in [-0.05, 0) is 48.9 Å². The summed E-state index contributed by atoms with van der Waals surface area (Å²) in [6.07, 6.45) is 3.39. The molecule has 1 atom stereocenters. The normalized spacial score (nSPS) is 11.6. The van der Waals surface area contributed by atoms with Gasteiger partial charge >= 0.3 is 0 Å². The smallest absolute Gasteiger partial charge is 0.260 e. The highest BCUT2D eigenvalue weighted by Crippen LogP contribution is 2.18. The minimum absolute atomic E-state index is 0.0775. The van der Waals surface area contributed by atoms with Crippen LogP contribution in [0.2, 0.25) is 0 Å². The van der Waals surface area contributed by atoms with Gasteiger partial charge < -0.3 is 15.4 Å². The molecule has 1 heterocycles. The first-order valence-electron chi connectivity index (χ1n) is 7.17. The van der Waals surface area contributed by atoms with E-state index in [1.54, 1.807) is 48.6 Å². The van der Waals surface area contributed by atoms with Crippen LogP contribution in [0.5, 0.6) is 5.75 Å². The van der Waals surface area contributed by atoms with Crippen molar-refractivity contribution in [3.63, 3.8) is 0 Å². The number of amides is 2. The molecule has 0 radical (unpaired) electrons. The molecule has 2 amide bonds. The van der Waals surface area contributed by atoms with Crippen LogP contribution in [0, 0.1) is 0 Å². The Hall–Kier alpha value is -2.89. The Kier molecular flexibility index (Phi) is 5.30. The number of aromatic nitrogens is 1. The molecule has 0 aliphatic heterocycles. The average molecular weight is 313 g/mol. The third-order valence-electron chi connectivity index (χ3n) is 3.66. The molecule has 0 bridgehead atoms. The minimum Gasteiger partial charge on any atom is -0.484 e. The van der Waals surface area contributed by atoms with Gasteiger partial charge in [0.15, 0.2) is 6.61 Å². The van der Waals surface area contributed by atoms with Crippen LogP contribution < -0.4 is 10.5 Å². The Labute approximate surface area is 134 Å². The molecule has 1 unspecified atom stereocenters. The highest BCUT2D eigenvalue weighted by atomic mass is 16.5. The zero-order valence-corrected chi connectivity index (χ0v) is 13.1. The van der Waals surface area contributed by atoms with E-state index in [9.17, 15) is 9.59 Å². The molecular weight excluding hydrogens is 294 g/mol. The van der Waals surface area contributed by atoms with Crippen molar-refractivity contribution in [3.05, 3.63) is 59.9 Å². The number of pyridine rings is 1. The number of primary amides is 1. The Morgan fingerprint density at radius 3 is 2.35 bits per heavy atom. The zero-order chi connectivity index (χ0) is 16.8. The molecule has 6 nitrogen and oxygen atoms in total. The van der Waals surface area contributed by atoms with Crippen LogP contribution >= 0.6 is 0 Å². The fourth-order valence-electron chi connectivity index (χ4n) is 2.04. The van der Waals surface area contributed by atoms with Crippen LogP contribution in [-0.4, -0.2) is 35.4 Å². The van der Waals surface area contributed by atoms with Gasteiger partial charge in [-0.2, -0.15) is 0 Å². The summed E-state index contributed by atoms with van der Waals surface area (Å²) in [7, 11) is 1.73. The van der Waals surface area contributed by atoms with E-state index in [2.05, 4.69) is 4.98 Å². The highest BCUT2D eigenvalue weighted by molar-refractivity contribution is 5.92. The molecule has 23 heavy (non-hydrogen) atoms. The molecule has 2 aromatic rings. The zero-order valence-electron chi connectivity index (χ0n) is 13.1. The van der Waals surface area contributed by atoms with Crippen molar-refractivity contribution in [2.24, 2.45) is 5.73 Å². The van der Waals surface area contributed by atoms with E-state index >= 15 is 0 Å². The summed E-state index contributed by atoms with van der Waals surface area (Å²) in [6.45, 7) is 1.86. The van der Waals surface area contributed by atoms with Crippen molar-refractivity contribution in [1.82, 2.24) is 9.88 Å². The lowest BCUT2D eigenvalue weighted by molar-refractivity contribution is -0.134. The SMILES string of the molecule is CC(c1ccncc1)N(C)C(=O)COc1ccc(C(N)=O)cc1. The quantitative estimate of drug-likeness (QED) is 0.881. The Morgan fingerprint density at radius 2 is 1.78 bits per heavy atom. The molecule has 1 aromatic heterocycles. The van der Waals surface area contributed by atoms with Crippen molar-refractivity contribution in [1.29, 1.82) is 0 Å². The highest BCUT2D eigenvalue weighted by Gasteiger charge is 2.17. The van der Waals surface area contributed by atoms with E-state index in [-0.39, 0.29) is 18.6 Å². The summed E-state index contributed by atoms with van der Waals surface area (Å²) in [5, 5.41) is 0. The summed E-state index contributed by atoms with van der Waals surface area (Å²) < 4.78 is 5.45. The van der Waals surface area contributed by atoms with Crippen molar-refractivity contribution in [2.75, 3.05) is 13.7 Å². The molecule has 1 aromatic carbocycles. The van der Waals surface area contributed by atoms with Crippen LogP contribution in [0.3, 0.4) is 0 Å². The lowest BCUT2D eigenvalue weighted by atomic mass is 10.1. The number of carbonyl (C=O) groups excluding carboxylic acids is 2. The number of nitrogens with two attached hydrogens (primary N) is 1. The number of rotatable bonds is 6. The molecule has 0 saturated heterocycles. The van der Waals surface area contributed by atoms with Gasteiger partial charge in [0.25, 0.3) is 5.91 Å². The molecular formula is C17H19N3O3. The van der Waals surface area contributed by atoms with E-state index in [0.29, 0.717) is 11.3 Å². The summed E-state index contributed by atoms with van der Waals surface area (Å²) >= 11 is 0. The van der Waals surface area contributed by atoms with Gasteiger partial charge in [-0.15, -0.1) is 0 Å².